The summed E-state index contributed by atoms with van der Waals surface area (Å²) in [7, 11) is 1.97. The third-order valence-corrected chi connectivity index (χ3v) is 7.08. The van der Waals surface area contributed by atoms with Crippen LogP contribution < -0.4 is 5.32 Å². The molecular formula is C28H32N6O2. The minimum atomic E-state index is -0.0380. The van der Waals surface area contributed by atoms with Gasteiger partial charge in [-0.1, -0.05) is 36.4 Å². The molecule has 8 nitrogen and oxygen atoms in total. The zero-order chi connectivity index (χ0) is 25.1. The van der Waals surface area contributed by atoms with Gasteiger partial charge < -0.3 is 14.8 Å². The molecule has 1 atom stereocenters. The Hall–Kier alpha value is -3.78. The van der Waals surface area contributed by atoms with Crippen LogP contribution in [0.4, 0.5) is 0 Å². The zero-order valence-electron chi connectivity index (χ0n) is 20.9. The van der Waals surface area contributed by atoms with Gasteiger partial charge in [-0.25, -0.2) is 4.98 Å². The van der Waals surface area contributed by atoms with E-state index in [1.165, 1.54) is 10.9 Å². The van der Waals surface area contributed by atoms with E-state index in [4.69, 9.17) is 0 Å². The fraction of sp³-hybridized carbons (Fsp3) is 0.357. The van der Waals surface area contributed by atoms with Gasteiger partial charge in [0.05, 0.1) is 24.1 Å². The summed E-state index contributed by atoms with van der Waals surface area (Å²) in [6.07, 6.45) is 4.62. The number of para-hydroxylation sites is 2. The minimum Gasteiger partial charge on any atom is -0.348 e. The third kappa shape index (κ3) is 5.23. The summed E-state index contributed by atoms with van der Waals surface area (Å²) in [6.45, 7) is 5.00. The fourth-order valence-electron chi connectivity index (χ4n) is 5.18. The second kappa shape index (κ2) is 10.5. The van der Waals surface area contributed by atoms with Crippen molar-refractivity contribution < 1.29 is 9.59 Å². The highest BCUT2D eigenvalue weighted by atomic mass is 16.2. The summed E-state index contributed by atoms with van der Waals surface area (Å²) in [6, 6.07) is 16.2. The van der Waals surface area contributed by atoms with E-state index in [1.54, 1.807) is 6.92 Å². The highest BCUT2D eigenvalue weighted by molar-refractivity contribution is 5.84. The first-order chi connectivity index (χ1) is 17.5. The van der Waals surface area contributed by atoms with Crippen molar-refractivity contribution in [3.63, 3.8) is 0 Å². The van der Waals surface area contributed by atoms with Crippen LogP contribution in [0, 0.1) is 5.92 Å². The number of nitrogens with one attached hydrogen (secondary N) is 1. The smallest absolute Gasteiger partial charge is 0.234 e. The molecule has 0 saturated carbocycles. The first-order valence-electron chi connectivity index (χ1n) is 12.4. The number of nitrogens with zero attached hydrogens (tertiary/aromatic N) is 5. The molecule has 0 aliphatic carbocycles. The van der Waals surface area contributed by atoms with E-state index in [9.17, 15) is 9.59 Å². The monoisotopic (exact) mass is 484 g/mol. The number of fused-ring (bicyclic) bond motifs is 2. The molecule has 5 rings (SSSR count). The number of rotatable bonds is 6. The maximum absolute atomic E-state index is 12.9. The second-order valence-electron chi connectivity index (χ2n) is 9.64. The second-order valence-corrected chi connectivity index (χ2v) is 9.64. The number of aryl methyl sites for hydroxylation is 1. The highest BCUT2D eigenvalue weighted by Crippen LogP contribution is 2.22. The number of imidazole rings is 1. The number of benzene rings is 2. The quantitative estimate of drug-likeness (QED) is 0.455. The van der Waals surface area contributed by atoms with E-state index in [1.807, 2.05) is 65.3 Å². The van der Waals surface area contributed by atoms with Crippen molar-refractivity contribution in [1.82, 2.24) is 29.7 Å². The van der Waals surface area contributed by atoms with Crippen molar-refractivity contribution >= 4 is 33.6 Å². The van der Waals surface area contributed by atoms with Crippen LogP contribution in [0.2, 0.25) is 0 Å². The summed E-state index contributed by atoms with van der Waals surface area (Å²) in [5.74, 6) is 1.06. The van der Waals surface area contributed by atoms with Crippen molar-refractivity contribution in [2.75, 3.05) is 32.7 Å². The average Bonchev–Trinajstić information content (AvgIpc) is 3.06. The number of pyridine rings is 1. The lowest BCUT2D eigenvalue weighted by atomic mass is 9.96. The van der Waals surface area contributed by atoms with Gasteiger partial charge >= 0.3 is 0 Å². The predicted octanol–water partition coefficient (Wildman–Crippen LogP) is 2.76. The molecule has 4 aromatic rings. The first-order valence-corrected chi connectivity index (χ1v) is 12.4. The van der Waals surface area contributed by atoms with Gasteiger partial charge in [0.1, 0.15) is 5.82 Å². The van der Waals surface area contributed by atoms with Crippen LogP contribution in [-0.4, -0.2) is 68.9 Å². The Bertz CT molecular complexity index is 1390. The number of hydrogen-bond acceptors (Lipinski definition) is 5. The molecule has 8 heteroatoms. The third-order valence-electron chi connectivity index (χ3n) is 7.08. The van der Waals surface area contributed by atoms with Crippen molar-refractivity contribution in [1.29, 1.82) is 0 Å². The number of carbonyl (C=O) groups is 2. The molecule has 1 saturated heterocycles. The number of carbonyl (C=O) groups excluding carboxylic acids is 2. The van der Waals surface area contributed by atoms with E-state index in [0.29, 0.717) is 32.7 Å². The lowest BCUT2D eigenvalue weighted by Gasteiger charge is -2.24. The van der Waals surface area contributed by atoms with Crippen LogP contribution in [0.1, 0.15) is 18.3 Å². The standard InChI is InChI=1S/C28H32N6O2/c1-20(35)34-12-11-33(17-21(18-34)13-23-15-29-14-22-7-3-4-8-24(22)23)19-28(36)30-16-27-31-25-9-5-6-10-26(25)32(27)2/h3-10,14-15,21H,11-13,16-19H2,1-2H3,(H,30,36). The van der Waals surface area contributed by atoms with E-state index >= 15 is 0 Å². The van der Waals surface area contributed by atoms with E-state index < -0.39 is 0 Å². The highest BCUT2D eigenvalue weighted by Gasteiger charge is 2.26. The summed E-state index contributed by atoms with van der Waals surface area (Å²) in [5, 5.41) is 5.35. The number of amides is 2. The van der Waals surface area contributed by atoms with Crippen molar-refractivity contribution in [3.8, 4) is 0 Å². The first kappa shape index (κ1) is 23.9. The molecule has 186 valence electrons. The Balaban J connectivity index is 1.26. The summed E-state index contributed by atoms with van der Waals surface area (Å²) in [5.41, 5.74) is 3.14. The molecule has 3 heterocycles. The predicted molar refractivity (Wildman–Crippen MR) is 140 cm³/mol. The van der Waals surface area contributed by atoms with Gasteiger partial charge in [-0.15, -0.1) is 0 Å². The number of hydrogen-bond donors (Lipinski definition) is 1. The maximum Gasteiger partial charge on any atom is 0.234 e. The Kier molecular flexibility index (Phi) is 6.95. The van der Waals surface area contributed by atoms with Gasteiger partial charge in [-0.3, -0.25) is 19.5 Å². The van der Waals surface area contributed by atoms with Crippen molar-refractivity contribution in [3.05, 3.63) is 72.3 Å². The number of aromatic nitrogens is 3. The van der Waals surface area contributed by atoms with Gasteiger partial charge in [-0.05, 0) is 35.4 Å². The fourth-order valence-corrected chi connectivity index (χ4v) is 5.18. The summed E-state index contributed by atoms with van der Waals surface area (Å²) in [4.78, 5) is 38.3. The maximum atomic E-state index is 12.9. The molecule has 0 spiro atoms. The Morgan fingerprint density at radius 3 is 2.67 bits per heavy atom. The van der Waals surface area contributed by atoms with Crippen molar-refractivity contribution in [2.24, 2.45) is 13.0 Å². The average molecular weight is 485 g/mol. The Morgan fingerprint density at radius 1 is 1.03 bits per heavy atom. The van der Waals surface area contributed by atoms with Gasteiger partial charge in [0.2, 0.25) is 11.8 Å². The molecule has 1 aliphatic heterocycles. The van der Waals surface area contributed by atoms with Gasteiger partial charge in [-0.2, -0.15) is 0 Å². The molecule has 1 fully saturated rings. The van der Waals surface area contributed by atoms with Crippen molar-refractivity contribution in [2.45, 2.75) is 19.9 Å². The SMILES string of the molecule is CC(=O)N1CCN(CC(=O)NCc2nc3ccccc3n2C)CC(Cc2cncc3ccccc23)C1. The molecule has 1 unspecified atom stereocenters. The lowest BCUT2D eigenvalue weighted by molar-refractivity contribution is -0.129. The summed E-state index contributed by atoms with van der Waals surface area (Å²) >= 11 is 0. The largest absolute Gasteiger partial charge is 0.348 e. The Morgan fingerprint density at radius 2 is 1.83 bits per heavy atom. The molecule has 0 radical (unpaired) electrons. The lowest BCUT2D eigenvalue weighted by Crippen LogP contribution is -2.40. The van der Waals surface area contributed by atoms with Gasteiger partial charge in [0.25, 0.3) is 0 Å². The molecule has 1 N–H and O–H groups in total. The molecule has 2 aromatic heterocycles. The summed E-state index contributed by atoms with van der Waals surface area (Å²) < 4.78 is 2.01. The van der Waals surface area contributed by atoms with E-state index in [-0.39, 0.29) is 17.7 Å². The minimum absolute atomic E-state index is 0.0380. The van der Waals surface area contributed by atoms with Gasteiger partial charge in [0.15, 0.2) is 0 Å². The molecular weight excluding hydrogens is 452 g/mol. The molecule has 1 aliphatic rings. The topological polar surface area (TPSA) is 83.4 Å². The Labute approximate surface area is 210 Å². The molecule has 2 amide bonds. The molecule has 36 heavy (non-hydrogen) atoms. The molecule has 2 aromatic carbocycles. The van der Waals surface area contributed by atoms with Crippen LogP contribution >= 0.6 is 0 Å². The van der Waals surface area contributed by atoms with Crippen LogP contribution in [0.15, 0.2) is 60.9 Å². The van der Waals surface area contributed by atoms with Crippen LogP contribution in [0.5, 0.6) is 0 Å². The molecule has 0 bridgehead atoms. The normalized spacial score (nSPS) is 16.8. The van der Waals surface area contributed by atoms with E-state index in [0.717, 1.165) is 35.2 Å². The van der Waals surface area contributed by atoms with Crippen LogP contribution in [0.3, 0.4) is 0 Å². The van der Waals surface area contributed by atoms with Crippen LogP contribution in [0.25, 0.3) is 21.8 Å². The van der Waals surface area contributed by atoms with Crippen LogP contribution in [-0.2, 0) is 29.6 Å². The van der Waals surface area contributed by atoms with E-state index in [2.05, 4.69) is 32.3 Å². The zero-order valence-corrected chi connectivity index (χ0v) is 20.9. The van der Waals surface area contributed by atoms with Gasteiger partial charge in [0, 0.05) is 57.9 Å².